The summed E-state index contributed by atoms with van der Waals surface area (Å²) in [5.41, 5.74) is 2.89. The Bertz CT molecular complexity index is 678. The topological polar surface area (TPSA) is 79.9 Å². The number of esters is 1. The molecule has 2 heterocycles. The van der Waals surface area contributed by atoms with Gasteiger partial charge in [-0.1, -0.05) is 12.1 Å². The van der Waals surface area contributed by atoms with Gasteiger partial charge in [-0.05, 0) is 31.5 Å². The first-order chi connectivity index (χ1) is 12.1. The second-order valence-electron chi connectivity index (χ2n) is 5.98. The molecular weight excluding hydrogens is 322 g/mol. The highest BCUT2D eigenvalue weighted by Crippen LogP contribution is 2.29. The van der Waals surface area contributed by atoms with Crippen molar-refractivity contribution >= 4 is 17.7 Å². The molecule has 0 saturated carbocycles. The van der Waals surface area contributed by atoms with E-state index in [1.807, 2.05) is 24.3 Å². The number of hydrogen-bond donors (Lipinski definition) is 2. The van der Waals surface area contributed by atoms with Crippen LogP contribution in [0.3, 0.4) is 0 Å². The molecule has 1 aromatic rings. The SMILES string of the molecule is CCOC(=O)C1=C(C)NC(=O)NC1c1ccc(N2CCOCC2)cc1. The maximum atomic E-state index is 12.3. The van der Waals surface area contributed by atoms with Gasteiger partial charge >= 0.3 is 12.0 Å². The van der Waals surface area contributed by atoms with Crippen LogP contribution in [0.5, 0.6) is 0 Å². The third kappa shape index (κ3) is 3.76. The van der Waals surface area contributed by atoms with Gasteiger partial charge in [-0.25, -0.2) is 9.59 Å². The monoisotopic (exact) mass is 345 g/mol. The summed E-state index contributed by atoms with van der Waals surface area (Å²) in [5.74, 6) is -0.422. The summed E-state index contributed by atoms with van der Waals surface area (Å²) in [6.45, 7) is 6.91. The van der Waals surface area contributed by atoms with Crippen LogP contribution in [0, 0.1) is 0 Å². The summed E-state index contributed by atoms with van der Waals surface area (Å²) >= 11 is 0. The van der Waals surface area contributed by atoms with Gasteiger partial charge in [0.05, 0.1) is 31.4 Å². The van der Waals surface area contributed by atoms with Crippen molar-refractivity contribution in [3.63, 3.8) is 0 Å². The van der Waals surface area contributed by atoms with Gasteiger partial charge < -0.3 is 25.0 Å². The van der Waals surface area contributed by atoms with Crippen LogP contribution in [0.25, 0.3) is 0 Å². The van der Waals surface area contributed by atoms with Gasteiger partial charge in [0.15, 0.2) is 0 Å². The average molecular weight is 345 g/mol. The smallest absolute Gasteiger partial charge is 0.338 e. The van der Waals surface area contributed by atoms with E-state index in [1.165, 1.54) is 0 Å². The van der Waals surface area contributed by atoms with E-state index in [9.17, 15) is 9.59 Å². The van der Waals surface area contributed by atoms with E-state index in [4.69, 9.17) is 9.47 Å². The van der Waals surface area contributed by atoms with E-state index in [0.717, 1.165) is 37.6 Å². The molecule has 134 valence electrons. The largest absolute Gasteiger partial charge is 0.463 e. The lowest BCUT2D eigenvalue weighted by atomic mass is 9.95. The maximum Gasteiger partial charge on any atom is 0.338 e. The lowest BCUT2D eigenvalue weighted by molar-refractivity contribution is -0.139. The van der Waals surface area contributed by atoms with Crippen molar-refractivity contribution in [1.82, 2.24) is 10.6 Å². The Hall–Kier alpha value is -2.54. The standard InChI is InChI=1S/C18H23N3O4/c1-3-25-17(22)15-12(2)19-18(23)20-16(15)13-4-6-14(7-5-13)21-8-10-24-11-9-21/h4-7,16H,3,8-11H2,1-2H3,(H2,19,20,23). The summed E-state index contributed by atoms with van der Waals surface area (Å²) < 4.78 is 10.5. The second-order valence-corrected chi connectivity index (χ2v) is 5.98. The van der Waals surface area contributed by atoms with E-state index in [0.29, 0.717) is 11.3 Å². The van der Waals surface area contributed by atoms with Gasteiger partial charge in [-0.3, -0.25) is 0 Å². The zero-order chi connectivity index (χ0) is 17.8. The molecule has 1 atom stereocenters. The highest BCUT2D eigenvalue weighted by Gasteiger charge is 2.32. The number of benzene rings is 1. The lowest BCUT2D eigenvalue weighted by Crippen LogP contribution is -2.45. The molecule has 1 saturated heterocycles. The van der Waals surface area contributed by atoms with Crippen LogP contribution in [0.15, 0.2) is 35.5 Å². The number of anilines is 1. The molecule has 1 aromatic carbocycles. The molecule has 25 heavy (non-hydrogen) atoms. The van der Waals surface area contributed by atoms with Crippen LogP contribution in [0.1, 0.15) is 25.5 Å². The number of carbonyl (C=O) groups excluding carboxylic acids is 2. The summed E-state index contributed by atoms with van der Waals surface area (Å²) in [5, 5.41) is 5.45. The highest BCUT2D eigenvalue weighted by atomic mass is 16.5. The first kappa shape index (κ1) is 17.3. The van der Waals surface area contributed by atoms with E-state index in [-0.39, 0.29) is 12.6 Å². The van der Waals surface area contributed by atoms with Gasteiger partial charge in [-0.2, -0.15) is 0 Å². The Morgan fingerprint density at radius 2 is 1.96 bits per heavy atom. The van der Waals surface area contributed by atoms with Crippen molar-refractivity contribution in [2.45, 2.75) is 19.9 Å². The number of morpholine rings is 1. The fourth-order valence-corrected chi connectivity index (χ4v) is 3.12. The quantitative estimate of drug-likeness (QED) is 0.812. The first-order valence-electron chi connectivity index (χ1n) is 8.48. The number of rotatable bonds is 4. The van der Waals surface area contributed by atoms with Crippen LogP contribution in [-0.4, -0.2) is 44.9 Å². The van der Waals surface area contributed by atoms with E-state index < -0.39 is 12.0 Å². The minimum absolute atomic E-state index is 0.284. The number of allylic oxidation sites excluding steroid dienone is 1. The summed E-state index contributed by atoms with van der Waals surface area (Å²) in [4.78, 5) is 26.4. The Balaban J connectivity index is 1.86. The van der Waals surface area contributed by atoms with E-state index in [1.54, 1.807) is 13.8 Å². The normalized spacial score (nSPS) is 20.8. The van der Waals surface area contributed by atoms with Crippen LogP contribution >= 0.6 is 0 Å². The van der Waals surface area contributed by atoms with Crippen LogP contribution < -0.4 is 15.5 Å². The lowest BCUT2D eigenvalue weighted by Gasteiger charge is -2.30. The predicted molar refractivity (Wildman–Crippen MR) is 93.2 cm³/mol. The average Bonchev–Trinajstić information content (AvgIpc) is 2.62. The van der Waals surface area contributed by atoms with Crippen molar-refractivity contribution in [2.24, 2.45) is 0 Å². The number of amides is 2. The summed E-state index contributed by atoms with van der Waals surface area (Å²) in [6.07, 6.45) is 0. The van der Waals surface area contributed by atoms with E-state index in [2.05, 4.69) is 15.5 Å². The molecular formula is C18H23N3O4. The zero-order valence-corrected chi connectivity index (χ0v) is 14.5. The molecule has 3 rings (SSSR count). The Labute approximate surface area is 147 Å². The maximum absolute atomic E-state index is 12.3. The van der Waals surface area contributed by atoms with Crippen molar-refractivity contribution < 1.29 is 19.1 Å². The third-order valence-electron chi connectivity index (χ3n) is 4.37. The molecule has 7 nitrogen and oxygen atoms in total. The van der Waals surface area contributed by atoms with E-state index >= 15 is 0 Å². The third-order valence-corrected chi connectivity index (χ3v) is 4.37. The molecule has 2 aliphatic rings. The fourth-order valence-electron chi connectivity index (χ4n) is 3.12. The van der Waals surface area contributed by atoms with Gasteiger partial charge in [0.1, 0.15) is 0 Å². The van der Waals surface area contributed by atoms with Gasteiger partial charge in [-0.15, -0.1) is 0 Å². The van der Waals surface area contributed by atoms with Crippen molar-refractivity contribution in [1.29, 1.82) is 0 Å². The molecule has 2 N–H and O–H groups in total. The Morgan fingerprint density at radius 1 is 1.28 bits per heavy atom. The predicted octanol–water partition coefficient (Wildman–Crippen LogP) is 1.71. The van der Waals surface area contributed by atoms with Crippen LogP contribution in [0.4, 0.5) is 10.5 Å². The number of nitrogens with zero attached hydrogens (tertiary/aromatic N) is 1. The minimum Gasteiger partial charge on any atom is -0.463 e. The zero-order valence-electron chi connectivity index (χ0n) is 14.5. The Morgan fingerprint density at radius 3 is 2.60 bits per heavy atom. The molecule has 2 amide bonds. The Kier molecular flexibility index (Phi) is 5.23. The number of hydrogen-bond acceptors (Lipinski definition) is 5. The van der Waals surface area contributed by atoms with Crippen LogP contribution in [-0.2, 0) is 14.3 Å². The second kappa shape index (κ2) is 7.57. The molecule has 7 heteroatoms. The van der Waals surface area contributed by atoms with Gasteiger partial charge in [0.25, 0.3) is 0 Å². The molecule has 0 aromatic heterocycles. The van der Waals surface area contributed by atoms with Crippen molar-refractivity contribution in [3.05, 3.63) is 41.1 Å². The fraction of sp³-hybridized carbons (Fsp3) is 0.444. The van der Waals surface area contributed by atoms with Gasteiger partial charge in [0.2, 0.25) is 0 Å². The molecule has 0 aliphatic carbocycles. The first-order valence-corrected chi connectivity index (χ1v) is 8.48. The number of nitrogens with one attached hydrogen (secondary N) is 2. The molecule has 1 fully saturated rings. The summed E-state index contributed by atoms with van der Waals surface area (Å²) in [6, 6.07) is 7.04. The van der Waals surface area contributed by atoms with Gasteiger partial charge in [0, 0.05) is 24.5 Å². The molecule has 2 aliphatic heterocycles. The number of urea groups is 1. The van der Waals surface area contributed by atoms with Crippen LogP contribution in [0.2, 0.25) is 0 Å². The van der Waals surface area contributed by atoms with Crippen molar-refractivity contribution in [3.8, 4) is 0 Å². The minimum atomic E-state index is -0.522. The van der Waals surface area contributed by atoms with Crippen molar-refractivity contribution in [2.75, 3.05) is 37.8 Å². The molecule has 0 bridgehead atoms. The summed E-state index contributed by atoms with van der Waals surface area (Å²) in [7, 11) is 0. The number of carbonyl (C=O) groups is 2. The number of ether oxygens (including phenoxy) is 2. The molecule has 0 radical (unpaired) electrons. The molecule has 1 unspecified atom stereocenters. The molecule has 0 spiro atoms. The highest BCUT2D eigenvalue weighted by molar-refractivity contribution is 5.95.